The topological polar surface area (TPSA) is 57.2 Å². The van der Waals surface area contributed by atoms with E-state index in [1.54, 1.807) is 11.0 Å². The molecule has 4 heteroatoms. The monoisotopic (exact) mass is 220 g/mol. The Hall–Kier alpha value is -1.76. The molecular formula is C12H16N2O2. The Bertz CT molecular complexity index is 401. The Morgan fingerprint density at radius 2 is 2.31 bits per heavy atom. The first-order valence-corrected chi connectivity index (χ1v) is 5.30. The fourth-order valence-corrected chi connectivity index (χ4v) is 1.49. The molecule has 0 fully saturated rings. The molecule has 16 heavy (non-hydrogen) atoms. The first kappa shape index (κ1) is 12.3. The predicted molar refractivity (Wildman–Crippen MR) is 59.8 cm³/mol. The molecule has 0 aliphatic heterocycles. The largest absolute Gasteiger partial charge is 0.459 e. The molecule has 0 saturated carbocycles. The fraction of sp³-hybridized carbons (Fsp3) is 0.500. The van der Waals surface area contributed by atoms with Gasteiger partial charge >= 0.3 is 0 Å². The Labute approximate surface area is 95.5 Å². The highest BCUT2D eigenvalue weighted by atomic mass is 16.3. The number of rotatable bonds is 4. The van der Waals surface area contributed by atoms with Crippen molar-refractivity contribution in [3.8, 4) is 6.07 Å². The summed E-state index contributed by atoms with van der Waals surface area (Å²) in [6.07, 6.45) is 1.84. The van der Waals surface area contributed by atoms with Crippen LogP contribution in [0.3, 0.4) is 0 Å². The van der Waals surface area contributed by atoms with Gasteiger partial charge in [0.15, 0.2) is 5.76 Å². The zero-order valence-corrected chi connectivity index (χ0v) is 9.86. The molecule has 1 heterocycles. The summed E-state index contributed by atoms with van der Waals surface area (Å²) in [5.41, 5.74) is 0.826. The smallest absolute Gasteiger partial charge is 0.290 e. The number of furan rings is 1. The van der Waals surface area contributed by atoms with Crippen LogP contribution in [0.4, 0.5) is 0 Å². The van der Waals surface area contributed by atoms with Crippen LogP contribution in [0.25, 0.3) is 0 Å². The van der Waals surface area contributed by atoms with Crippen molar-refractivity contribution in [3.05, 3.63) is 23.7 Å². The van der Waals surface area contributed by atoms with Crippen LogP contribution >= 0.6 is 0 Å². The van der Waals surface area contributed by atoms with Crippen LogP contribution < -0.4 is 0 Å². The van der Waals surface area contributed by atoms with E-state index in [1.165, 1.54) is 6.26 Å². The molecule has 86 valence electrons. The first-order valence-electron chi connectivity index (χ1n) is 5.30. The first-order chi connectivity index (χ1) is 7.57. The van der Waals surface area contributed by atoms with Crippen molar-refractivity contribution in [2.45, 2.75) is 33.2 Å². The third-order valence-corrected chi connectivity index (χ3v) is 2.41. The molecule has 1 rings (SSSR count). The Morgan fingerprint density at radius 1 is 1.62 bits per heavy atom. The normalized spacial score (nSPS) is 10.2. The maximum absolute atomic E-state index is 12.1. The third kappa shape index (κ3) is 2.63. The van der Waals surface area contributed by atoms with E-state index in [0.29, 0.717) is 18.7 Å². The summed E-state index contributed by atoms with van der Waals surface area (Å²) in [5, 5.41) is 8.55. The van der Waals surface area contributed by atoms with Gasteiger partial charge in [-0.25, -0.2) is 0 Å². The molecule has 0 aliphatic carbocycles. The molecule has 0 bridgehead atoms. The zero-order valence-electron chi connectivity index (χ0n) is 9.86. The molecule has 1 aromatic heterocycles. The number of carbonyl (C=O) groups is 1. The third-order valence-electron chi connectivity index (χ3n) is 2.41. The number of nitrogens with zero attached hydrogens (tertiary/aromatic N) is 2. The maximum Gasteiger partial charge on any atom is 0.290 e. The van der Waals surface area contributed by atoms with Crippen molar-refractivity contribution in [2.75, 3.05) is 6.54 Å². The summed E-state index contributed by atoms with van der Waals surface area (Å²) in [5.74, 6) is 0.222. The SMILES string of the molecule is Cc1ccoc1C(=O)N(CCC#N)C(C)C. The number of nitriles is 1. The molecule has 0 spiro atoms. The highest BCUT2D eigenvalue weighted by Gasteiger charge is 2.22. The van der Waals surface area contributed by atoms with Crippen LogP contribution in [0.5, 0.6) is 0 Å². The van der Waals surface area contributed by atoms with Crippen LogP contribution in [0.1, 0.15) is 36.4 Å². The predicted octanol–water partition coefficient (Wildman–Crippen LogP) is 2.35. The van der Waals surface area contributed by atoms with Crippen LogP contribution in [-0.2, 0) is 0 Å². The van der Waals surface area contributed by atoms with Gasteiger partial charge in [-0.3, -0.25) is 4.79 Å². The van der Waals surface area contributed by atoms with Gasteiger partial charge in [-0.1, -0.05) is 0 Å². The average molecular weight is 220 g/mol. The molecule has 0 radical (unpaired) electrons. The van der Waals surface area contributed by atoms with E-state index in [1.807, 2.05) is 26.8 Å². The lowest BCUT2D eigenvalue weighted by Crippen LogP contribution is -2.37. The fourth-order valence-electron chi connectivity index (χ4n) is 1.49. The van der Waals surface area contributed by atoms with Gasteiger partial charge in [0.1, 0.15) is 0 Å². The molecule has 0 atom stereocenters. The second-order valence-electron chi connectivity index (χ2n) is 3.93. The van der Waals surface area contributed by atoms with Gasteiger partial charge in [0.2, 0.25) is 0 Å². The molecule has 0 saturated heterocycles. The van der Waals surface area contributed by atoms with Gasteiger partial charge < -0.3 is 9.32 Å². The standard InChI is InChI=1S/C12H16N2O2/c1-9(2)14(7-4-6-13)12(15)11-10(3)5-8-16-11/h5,8-9H,4,7H2,1-3H3. The van der Waals surface area contributed by atoms with E-state index in [0.717, 1.165) is 5.56 Å². The lowest BCUT2D eigenvalue weighted by atomic mass is 10.2. The van der Waals surface area contributed by atoms with Gasteiger partial charge in [0.25, 0.3) is 5.91 Å². The van der Waals surface area contributed by atoms with Crippen LogP contribution in [0.15, 0.2) is 16.7 Å². The van der Waals surface area contributed by atoms with E-state index in [2.05, 4.69) is 0 Å². The summed E-state index contributed by atoms with van der Waals surface area (Å²) in [6.45, 7) is 6.12. The van der Waals surface area contributed by atoms with Crippen LogP contribution in [-0.4, -0.2) is 23.4 Å². The van der Waals surface area contributed by atoms with Crippen molar-refractivity contribution >= 4 is 5.91 Å². The van der Waals surface area contributed by atoms with Gasteiger partial charge in [0.05, 0.1) is 18.8 Å². The summed E-state index contributed by atoms with van der Waals surface area (Å²) < 4.78 is 5.16. The van der Waals surface area contributed by atoms with Crippen molar-refractivity contribution in [1.29, 1.82) is 5.26 Å². The number of amides is 1. The van der Waals surface area contributed by atoms with E-state index in [9.17, 15) is 4.79 Å². The van der Waals surface area contributed by atoms with E-state index < -0.39 is 0 Å². The minimum atomic E-state index is -0.146. The molecule has 0 unspecified atom stereocenters. The molecule has 1 aromatic rings. The van der Waals surface area contributed by atoms with Gasteiger partial charge in [-0.2, -0.15) is 5.26 Å². The summed E-state index contributed by atoms with van der Waals surface area (Å²) >= 11 is 0. The number of hydrogen-bond acceptors (Lipinski definition) is 3. The van der Waals surface area contributed by atoms with Crippen LogP contribution in [0.2, 0.25) is 0 Å². The zero-order chi connectivity index (χ0) is 12.1. The summed E-state index contributed by atoms with van der Waals surface area (Å²) in [4.78, 5) is 13.7. The van der Waals surface area contributed by atoms with Gasteiger partial charge in [-0.05, 0) is 26.8 Å². The van der Waals surface area contributed by atoms with Gasteiger partial charge in [0, 0.05) is 18.2 Å². The highest BCUT2D eigenvalue weighted by molar-refractivity contribution is 5.93. The molecular weight excluding hydrogens is 204 g/mol. The van der Waals surface area contributed by atoms with Crippen molar-refractivity contribution in [1.82, 2.24) is 4.90 Å². The molecule has 0 aromatic carbocycles. The van der Waals surface area contributed by atoms with Crippen molar-refractivity contribution in [3.63, 3.8) is 0 Å². The van der Waals surface area contributed by atoms with E-state index in [-0.39, 0.29) is 11.9 Å². The molecule has 0 aliphatic rings. The summed E-state index contributed by atoms with van der Waals surface area (Å²) in [6, 6.07) is 3.86. The minimum Gasteiger partial charge on any atom is -0.459 e. The Balaban J connectivity index is 2.84. The second-order valence-corrected chi connectivity index (χ2v) is 3.93. The molecule has 1 amide bonds. The molecule has 0 N–H and O–H groups in total. The minimum absolute atomic E-state index is 0.0605. The Morgan fingerprint density at radius 3 is 2.75 bits per heavy atom. The second kappa shape index (κ2) is 5.36. The van der Waals surface area contributed by atoms with E-state index >= 15 is 0 Å². The van der Waals surface area contributed by atoms with Crippen molar-refractivity contribution in [2.24, 2.45) is 0 Å². The summed E-state index contributed by atoms with van der Waals surface area (Å²) in [7, 11) is 0. The van der Waals surface area contributed by atoms with Gasteiger partial charge in [-0.15, -0.1) is 0 Å². The molecule has 4 nitrogen and oxygen atoms in total. The number of aryl methyl sites for hydroxylation is 1. The highest BCUT2D eigenvalue weighted by Crippen LogP contribution is 2.14. The lowest BCUT2D eigenvalue weighted by molar-refractivity contribution is 0.0676. The Kier molecular flexibility index (Phi) is 4.12. The quantitative estimate of drug-likeness (QED) is 0.782. The maximum atomic E-state index is 12.1. The van der Waals surface area contributed by atoms with Crippen molar-refractivity contribution < 1.29 is 9.21 Å². The number of carbonyl (C=O) groups excluding carboxylic acids is 1. The lowest BCUT2D eigenvalue weighted by Gasteiger charge is -2.24. The number of hydrogen-bond donors (Lipinski definition) is 0. The van der Waals surface area contributed by atoms with Crippen LogP contribution in [0, 0.1) is 18.3 Å². The van der Waals surface area contributed by atoms with E-state index in [4.69, 9.17) is 9.68 Å². The average Bonchev–Trinajstić information content (AvgIpc) is 2.64.